The van der Waals surface area contributed by atoms with E-state index in [0.29, 0.717) is 9.34 Å². The van der Waals surface area contributed by atoms with Gasteiger partial charge in [-0.05, 0) is 0 Å². The molecule has 0 atom stereocenters. The molecule has 0 bridgehead atoms. The maximum absolute atomic E-state index is 11.7. The van der Waals surface area contributed by atoms with Crippen molar-refractivity contribution in [3.05, 3.63) is 0 Å². The first-order valence-corrected chi connectivity index (χ1v) is 5.96. The average molecular weight is 254 g/mol. The van der Waals surface area contributed by atoms with Gasteiger partial charge in [0.05, 0.1) is 0 Å². The Morgan fingerprint density at radius 2 is 1.87 bits per heavy atom. The number of urea groups is 1. The SMILES string of the molecule is COP(=O)(OC)N1CC(=O)N(P=O)C1=O. The molecule has 3 amide bonds. The molecule has 10 heteroatoms. The first-order valence-electron chi connectivity index (χ1n) is 3.70. The minimum atomic E-state index is -3.79. The summed E-state index contributed by atoms with van der Waals surface area (Å²) in [4.78, 5) is 22.5. The fourth-order valence-corrected chi connectivity index (χ4v) is 2.56. The second-order valence-electron chi connectivity index (χ2n) is 2.46. The van der Waals surface area contributed by atoms with E-state index in [9.17, 15) is 18.7 Å². The number of carbonyl (C=O) groups excluding carboxylic acids is 2. The summed E-state index contributed by atoms with van der Waals surface area (Å²) in [6.07, 6.45) is 0. The van der Waals surface area contributed by atoms with E-state index in [0.717, 1.165) is 14.2 Å². The Balaban J connectivity index is 3.01. The maximum atomic E-state index is 11.7. The van der Waals surface area contributed by atoms with E-state index in [-0.39, 0.29) is 0 Å². The maximum Gasteiger partial charge on any atom is 0.438 e. The molecule has 0 aromatic carbocycles. The molecular formula is C5H8N2O6P2. The van der Waals surface area contributed by atoms with Gasteiger partial charge in [-0.1, -0.05) is 0 Å². The lowest BCUT2D eigenvalue weighted by Gasteiger charge is -2.21. The van der Waals surface area contributed by atoms with Crippen LogP contribution in [0.1, 0.15) is 0 Å². The Kier molecular flexibility index (Phi) is 3.57. The van der Waals surface area contributed by atoms with Crippen LogP contribution in [0.5, 0.6) is 0 Å². The van der Waals surface area contributed by atoms with Gasteiger partial charge in [-0.2, -0.15) is 4.67 Å². The van der Waals surface area contributed by atoms with Gasteiger partial charge in [0.2, 0.25) is 0 Å². The molecule has 0 unspecified atom stereocenters. The largest absolute Gasteiger partial charge is 0.438 e. The summed E-state index contributed by atoms with van der Waals surface area (Å²) >= 11 is 0. The van der Waals surface area contributed by atoms with Crippen LogP contribution in [-0.2, 0) is 23.0 Å². The molecule has 0 N–H and O–H groups in total. The van der Waals surface area contributed by atoms with Crippen LogP contribution in [0, 0.1) is 0 Å². The molecular weight excluding hydrogens is 246 g/mol. The molecule has 1 aliphatic heterocycles. The van der Waals surface area contributed by atoms with E-state index >= 15 is 0 Å². The molecule has 0 aliphatic carbocycles. The highest BCUT2D eigenvalue weighted by Gasteiger charge is 2.47. The van der Waals surface area contributed by atoms with E-state index in [1.54, 1.807) is 0 Å². The van der Waals surface area contributed by atoms with E-state index in [1.165, 1.54) is 0 Å². The smallest absolute Gasteiger partial charge is 0.295 e. The highest BCUT2D eigenvalue weighted by Crippen LogP contribution is 2.52. The van der Waals surface area contributed by atoms with Crippen molar-refractivity contribution in [1.29, 1.82) is 0 Å². The van der Waals surface area contributed by atoms with Gasteiger partial charge in [-0.15, -0.1) is 0 Å². The first-order chi connectivity index (χ1) is 7.00. The lowest BCUT2D eigenvalue weighted by molar-refractivity contribution is -0.121. The van der Waals surface area contributed by atoms with E-state index in [1.807, 2.05) is 0 Å². The zero-order valence-corrected chi connectivity index (χ0v) is 9.73. The molecule has 1 heterocycles. The van der Waals surface area contributed by atoms with Crippen molar-refractivity contribution in [2.24, 2.45) is 0 Å². The molecule has 84 valence electrons. The molecule has 15 heavy (non-hydrogen) atoms. The number of nitrogens with zero attached hydrogens (tertiary/aromatic N) is 2. The molecule has 0 radical (unpaired) electrons. The monoisotopic (exact) mass is 254 g/mol. The molecule has 0 spiro atoms. The van der Waals surface area contributed by atoms with Crippen LogP contribution in [0.15, 0.2) is 0 Å². The second kappa shape index (κ2) is 4.37. The highest BCUT2D eigenvalue weighted by atomic mass is 31.2. The molecule has 1 aliphatic rings. The van der Waals surface area contributed by atoms with Crippen LogP contribution in [-0.4, -0.2) is 42.0 Å². The zero-order chi connectivity index (χ0) is 11.6. The number of amides is 3. The minimum Gasteiger partial charge on any atom is -0.295 e. The van der Waals surface area contributed by atoms with E-state index < -0.39 is 34.8 Å². The Bertz CT molecular complexity index is 349. The van der Waals surface area contributed by atoms with E-state index in [2.05, 4.69) is 9.05 Å². The Hall–Kier alpha value is -0.810. The van der Waals surface area contributed by atoms with Gasteiger partial charge in [0.15, 0.2) is 0 Å². The number of hydrogen-bond acceptors (Lipinski definition) is 6. The van der Waals surface area contributed by atoms with Crippen molar-refractivity contribution >= 4 is 28.3 Å². The van der Waals surface area contributed by atoms with Crippen molar-refractivity contribution in [2.75, 3.05) is 20.8 Å². The van der Waals surface area contributed by atoms with Crippen LogP contribution < -0.4 is 0 Å². The molecule has 1 rings (SSSR count). The van der Waals surface area contributed by atoms with Crippen molar-refractivity contribution in [2.45, 2.75) is 0 Å². The Morgan fingerprint density at radius 1 is 1.33 bits per heavy atom. The fourth-order valence-electron chi connectivity index (χ4n) is 1.02. The van der Waals surface area contributed by atoms with Crippen LogP contribution in [0.4, 0.5) is 4.79 Å². The molecule has 0 aromatic heterocycles. The Morgan fingerprint density at radius 3 is 2.20 bits per heavy atom. The topological polar surface area (TPSA) is 93.2 Å². The number of rotatable bonds is 4. The third-order valence-electron chi connectivity index (χ3n) is 1.76. The summed E-state index contributed by atoms with van der Waals surface area (Å²) in [5.41, 5.74) is 0. The van der Waals surface area contributed by atoms with Gasteiger partial charge < -0.3 is 0 Å². The van der Waals surface area contributed by atoms with Crippen molar-refractivity contribution in [3.63, 3.8) is 0 Å². The number of carbonyl (C=O) groups is 2. The minimum absolute atomic E-state index is 0.407. The van der Waals surface area contributed by atoms with Crippen molar-refractivity contribution in [1.82, 2.24) is 9.34 Å². The molecule has 0 aromatic rings. The standard InChI is InChI=1S/C5H8N2O6P2/c1-12-15(11,13-2)6-3-4(8)7(14-10)5(6)9/h3H2,1-2H3. The number of imide groups is 1. The molecule has 0 saturated carbocycles. The summed E-state index contributed by atoms with van der Waals surface area (Å²) in [6.45, 7) is -0.479. The third kappa shape index (κ3) is 1.94. The summed E-state index contributed by atoms with van der Waals surface area (Å²) in [7, 11) is -2.40. The lowest BCUT2D eigenvalue weighted by Crippen LogP contribution is -2.26. The van der Waals surface area contributed by atoms with E-state index in [4.69, 9.17) is 0 Å². The lowest BCUT2D eigenvalue weighted by atomic mass is 10.7. The van der Waals surface area contributed by atoms with Crippen molar-refractivity contribution < 1.29 is 27.8 Å². The summed E-state index contributed by atoms with van der Waals surface area (Å²) in [6, 6.07) is -0.969. The number of hydrogen-bond donors (Lipinski definition) is 0. The normalized spacial score (nSPS) is 18.0. The van der Waals surface area contributed by atoms with Gasteiger partial charge in [0.1, 0.15) is 6.54 Å². The molecule has 8 nitrogen and oxygen atoms in total. The van der Waals surface area contributed by atoms with Gasteiger partial charge in [-0.3, -0.25) is 13.8 Å². The fraction of sp³-hybridized carbons (Fsp3) is 0.600. The van der Waals surface area contributed by atoms with Crippen LogP contribution in [0.25, 0.3) is 0 Å². The van der Waals surface area contributed by atoms with Crippen LogP contribution >= 0.6 is 16.4 Å². The van der Waals surface area contributed by atoms with Crippen LogP contribution in [0.3, 0.4) is 0 Å². The predicted octanol–water partition coefficient (Wildman–Crippen LogP) is 0.858. The van der Waals surface area contributed by atoms with Gasteiger partial charge in [-0.25, -0.2) is 18.6 Å². The average Bonchev–Trinajstić information content (AvgIpc) is 2.53. The van der Waals surface area contributed by atoms with Crippen LogP contribution in [0.2, 0.25) is 0 Å². The Labute approximate surface area is 87.0 Å². The van der Waals surface area contributed by atoms with Gasteiger partial charge >= 0.3 is 13.8 Å². The van der Waals surface area contributed by atoms with Gasteiger partial charge in [0.25, 0.3) is 14.5 Å². The quantitative estimate of drug-likeness (QED) is 0.545. The summed E-state index contributed by atoms with van der Waals surface area (Å²) in [5.74, 6) is -0.731. The second-order valence-corrected chi connectivity index (χ2v) is 5.17. The van der Waals surface area contributed by atoms with Crippen molar-refractivity contribution in [3.8, 4) is 0 Å². The third-order valence-corrected chi connectivity index (χ3v) is 4.15. The molecule has 1 fully saturated rings. The summed E-state index contributed by atoms with van der Waals surface area (Å²) < 4.78 is 32.3. The molecule has 1 saturated heterocycles. The zero-order valence-electron chi connectivity index (χ0n) is 7.95. The highest BCUT2D eigenvalue weighted by molar-refractivity contribution is 7.52. The van der Waals surface area contributed by atoms with Gasteiger partial charge in [0, 0.05) is 14.2 Å². The first kappa shape index (κ1) is 12.3. The summed E-state index contributed by atoms with van der Waals surface area (Å²) in [5, 5.41) is 0. The predicted molar refractivity (Wildman–Crippen MR) is 48.2 cm³/mol.